The smallest absolute Gasteiger partial charge is 0.320 e. The van der Waals surface area contributed by atoms with Crippen LogP contribution in [-0.2, 0) is 12.3 Å². The van der Waals surface area contributed by atoms with Crippen molar-refractivity contribution < 1.29 is 12.3 Å². The van der Waals surface area contributed by atoms with Crippen LogP contribution >= 0.6 is 0 Å². The number of hydrogen-bond donors (Lipinski definition) is 0. The first-order valence-electron chi connectivity index (χ1n) is 6.47. The standard InChI is InChI=1S/C10H26O3Si3/c1-7-15(8-2)11-14(5,6)12-16(9-3,10-4)13-15/h7-10H2,1-6H3. The number of hydrogen-bond acceptors (Lipinski definition) is 3. The summed E-state index contributed by atoms with van der Waals surface area (Å²) in [4.78, 5) is 0. The topological polar surface area (TPSA) is 27.7 Å². The largest absolute Gasteiger partial charge is 0.416 e. The van der Waals surface area contributed by atoms with E-state index in [0.717, 1.165) is 24.2 Å². The van der Waals surface area contributed by atoms with Gasteiger partial charge in [-0.1, -0.05) is 27.7 Å². The summed E-state index contributed by atoms with van der Waals surface area (Å²) < 4.78 is 19.0. The summed E-state index contributed by atoms with van der Waals surface area (Å²) in [5.41, 5.74) is 0. The zero-order valence-corrected chi connectivity index (χ0v) is 14.6. The lowest BCUT2D eigenvalue weighted by Gasteiger charge is -2.50. The Morgan fingerprint density at radius 3 is 1.19 bits per heavy atom. The van der Waals surface area contributed by atoms with Crippen LogP contribution in [0.15, 0.2) is 0 Å². The normalized spacial score (nSPS) is 26.6. The highest BCUT2D eigenvalue weighted by atomic mass is 28.5. The average molecular weight is 279 g/mol. The molecule has 1 saturated heterocycles. The van der Waals surface area contributed by atoms with E-state index in [1.54, 1.807) is 0 Å². The summed E-state index contributed by atoms with van der Waals surface area (Å²) in [6.45, 7) is 13.2. The van der Waals surface area contributed by atoms with E-state index in [2.05, 4.69) is 40.8 Å². The van der Waals surface area contributed by atoms with E-state index in [1.807, 2.05) is 0 Å². The van der Waals surface area contributed by atoms with Crippen molar-refractivity contribution in [1.82, 2.24) is 0 Å². The first kappa shape index (κ1) is 14.6. The highest BCUT2D eigenvalue weighted by Gasteiger charge is 2.55. The maximum atomic E-state index is 6.46. The summed E-state index contributed by atoms with van der Waals surface area (Å²) >= 11 is 0. The molecule has 0 spiro atoms. The molecule has 0 radical (unpaired) electrons. The Labute approximate surface area is 103 Å². The van der Waals surface area contributed by atoms with Crippen molar-refractivity contribution in [3.63, 3.8) is 0 Å². The molecular weight excluding hydrogens is 252 g/mol. The summed E-state index contributed by atoms with van der Waals surface area (Å²) in [6.07, 6.45) is 0. The Kier molecular flexibility index (Phi) is 4.59. The van der Waals surface area contributed by atoms with E-state index in [1.165, 1.54) is 0 Å². The molecule has 0 aliphatic carbocycles. The molecule has 0 aromatic heterocycles. The minimum atomic E-state index is -1.95. The quantitative estimate of drug-likeness (QED) is 0.734. The third-order valence-electron chi connectivity index (χ3n) is 3.39. The molecule has 6 heteroatoms. The summed E-state index contributed by atoms with van der Waals surface area (Å²) in [5, 5.41) is 0. The van der Waals surface area contributed by atoms with Gasteiger partial charge in [0.25, 0.3) is 0 Å². The van der Waals surface area contributed by atoms with Crippen LogP contribution in [0.2, 0.25) is 37.3 Å². The number of rotatable bonds is 4. The molecule has 96 valence electrons. The van der Waals surface area contributed by atoms with E-state index in [9.17, 15) is 0 Å². The molecule has 16 heavy (non-hydrogen) atoms. The van der Waals surface area contributed by atoms with E-state index >= 15 is 0 Å². The van der Waals surface area contributed by atoms with Crippen molar-refractivity contribution in [2.24, 2.45) is 0 Å². The zero-order valence-electron chi connectivity index (χ0n) is 11.6. The SMILES string of the molecule is CC[Si]1(CC)O[Si](C)(C)O[Si](CC)(CC)O1. The Balaban J connectivity index is 3.01. The van der Waals surface area contributed by atoms with E-state index in [-0.39, 0.29) is 0 Å². The Bertz CT molecular complexity index is 215. The molecule has 1 aliphatic heterocycles. The first-order chi connectivity index (χ1) is 7.36. The molecule has 1 aliphatic rings. The molecule has 3 nitrogen and oxygen atoms in total. The molecule has 0 N–H and O–H groups in total. The predicted molar refractivity (Wildman–Crippen MR) is 74.2 cm³/mol. The minimum absolute atomic E-state index is 1.05. The molecule has 0 unspecified atom stereocenters. The predicted octanol–water partition coefficient (Wildman–Crippen LogP) is 3.72. The van der Waals surface area contributed by atoms with Gasteiger partial charge in [-0.2, -0.15) is 0 Å². The van der Waals surface area contributed by atoms with Gasteiger partial charge < -0.3 is 12.3 Å². The van der Waals surface area contributed by atoms with Crippen LogP contribution < -0.4 is 0 Å². The van der Waals surface area contributed by atoms with E-state index in [4.69, 9.17) is 12.3 Å². The van der Waals surface area contributed by atoms with Crippen molar-refractivity contribution in [3.05, 3.63) is 0 Å². The van der Waals surface area contributed by atoms with Crippen molar-refractivity contribution in [3.8, 4) is 0 Å². The maximum Gasteiger partial charge on any atom is 0.320 e. The second kappa shape index (κ2) is 5.03. The van der Waals surface area contributed by atoms with Crippen LogP contribution in [0.4, 0.5) is 0 Å². The van der Waals surface area contributed by atoms with Gasteiger partial charge in [-0.3, -0.25) is 0 Å². The second-order valence-corrected chi connectivity index (χ2v) is 16.7. The van der Waals surface area contributed by atoms with Crippen LogP contribution in [-0.4, -0.2) is 25.7 Å². The molecule has 1 heterocycles. The van der Waals surface area contributed by atoms with Gasteiger partial charge in [0.2, 0.25) is 0 Å². The van der Waals surface area contributed by atoms with Crippen LogP contribution in [0.25, 0.3) is 0 Å². The Morgan fingerprint density at radius 2 is 0.938 bits per heavy atom. The Morgan fingerprint density at radius 1 is 0.625 bits per heavy atom. The lowest BCUT2D eigenvalue weighted by atomic mass is 10.9. The van der Waals surface area contributed by atoms with Crippen molar-refractivity contribution in [2.75, 3.05) is 0 Å². The fraction of sp³-hybridized carbons (Fsp3) is 1.00. The molecule has 0 aromatic rings. The van der Waals surface area contributed by atoms with Gasteiger partial charge in [0.15, 0.2) is 0 Å². The molecular formula is C10H26O3Si3. The molecule has 1 rings (SSSR count). The summed E-state index contributed by atoms with van der Waals surface area (Å²) in [7, 11) is -5.84. The fourth-order valence-corrected chi connectivity index (χ4v) is 19.5. The van der Waals surface area contributed by atoms with E-state index in [0.29, 0.717) is 0 Å². The van der Waals surface area contributed by atoms with Crippen molar-refractivity contribution in [1.29, 1.82) is 0 Å². The third kappa shape index (κ3) is 2.85. The molecule has 0 saturated carbocycles. The highest BCUT2D eigenvalue weighted by Crippen LogP contribution is 2.38. The van der Waals surface area contributed by atoms with Gasteiger partial charge in [-0.05, 0) is 37.3 Å². The van der Waals surface area contributed by atoms with Gasteiger partial charge in [-0.25, -0.2) is 0 Å². The van der Waals surface area contributed by atoms with Crippen molar-refractivity contribution in [2.45, 2.75) is 65.0 Å². The van der Waals surface area contributed by atoms with Crippen LogP contribution in [0.5, 0.6) is 0 Å². The second-order valence-electron chi connectivity index (χ2n) is 4.94. The lowest BCUT2D eigenvalue weighted by Crippen LogP contribution is -2.67. The first-order valence-corrected chi connectivity index (χ1v) is 13.7. The maximum absolute atomic E-state index is 6.46. The Hall–Kier alpha value is 0.531. The van der Waals surface area contributed by atoms with E-state index < -0.39 is 25.7 Å². The minimum Gasteiger partial charge on any atom is -0.416 e. The monoisotopic (exact) mass is 278 g/mol. The van der Waals surface area contributed by atoms with Crippen LogP contribution in [0.3, 0.4) is 0 Å². The van der Waals surface area contributed by atoms with Crippen molar-refractivity contribution >= 4 is 25.7 Å². The molecule has 0 bridgehead atoms. The summed E-state index contributed by atoms with van der Waals surface area (Å²) in [6, 6.07) is 4.21. The highest BCUT2D eigenvalue weighted by molar-refractivity contribution is 6.93. The molecule has 0 amide bonds. The van der Waals surface area contributed by atoms with Gasteiger partial charge in [-0.15, -0.1) is 0 Å². The molecule has 0 atom stereocenters. The molecule has 0 aromatic carbocycles. The summed E-state index contributed by atoms with van der Waals surface area (Å²) in [5.74, 6) is 0. The van der Waals surface area contributed by atoms with Gasteiger partial charge in [0.1, 0.15) is 0 Å². The average Bonchev–Trinajstić information content (AvgIpc) is 2.26. The van der Waals surface area contributed by atoms with Crippen LogP contribution in [0, 0.1) is 0 Å². The van der Waals surface area contributed by atoms with Crippen LogP contribution in [0.1, 0.15) is 27.7 Å². The van der Waals surface area contributed by atoms with Gasteiger partial charge in [0, 0.05) is 0 Å². The van der Waals surface area contributed by atoms with Gasteiger partial charge >= 0.3 is 25.7 Å². The zero-order chi connectivity index (χ0) is 12.4. The lowest BCUT2D eigenvalue weighted by molar-refractivity contribution is 0.220. The van der Waals surface area contributed by atoms with Gasteiger partial charge in [0.05, 0.1) is 0 Å². The molecule has 1 fully saturated rings. The third-order valence-corrected chi connectivity index (χ3v) is 17.6. The fourth-order valence-electron chi connectivity index (χ4n) is 2.37.